The molecule has 1 aliphatic heterocycles. The maximum absolute atomic E-state index is 12.4. The minimum Gasteiger partial charge on any atom is -0.324 e. The molecular weight excluding hydrogens is 354 g/mol. The number of halogens is 1. The molecule has 0 saturated carbocycles. The van der Waals surface area contributed by atoms with Crippen molar-refractivity contribution in [1.29, 1.82) is 0 Å². The standard InChI is InChI=1S/C19H29N3OS.ClH/c1-3-14-24-18-7-5-4-6-17(18)21-19(23)15-22-12-9-16(10-13-22)8-11-20-2;/h3-7,16,20H,1,8-15H2,2H3,(H,21,23);1H. The van der Waals surface area contributed by atoms with Crippen molar-refractivity contribution >= 4 is 35.8 Å². The molecule has 4 nitrogen and oxygen atoms in total. The second-order valence-corrected chi connectivity index (χ2v) is 7.32. The van der Waals surface area contributed by atoms with Crippen molar-refractivity contribution in [2.24, 2.45) is 5.92 Å². The van der Waals surface area contributed by atoms with Gasteiger partial charge in [-0.2, -0.15) is 0 Å². The molecule has 1 fully saturated rings. The molecule has 2 N–H and O–H groups in total. The summed E-state index contributed by atoms with van der Waals surface area (Å²) in [5.41, 5.74) is 0.901. The van der Waals surface area contributed by atoms with Crippen molar-refractivity contribution in [2.75, 3.05) is 44.3 Å². The molecular formula is C19H30ClN3OS. The van der Waals surface area contributed by atoms with Crippen molar-refractivity contribution < 1.29 is 4.79 Å². The summed E-state index contributed by atoms with van der Waals surface area (Å²) in [7, 11) is 2.00. The number of likely N-dealkylation sites (tertiary alicyclic amines) is 1. The Morgan fingerprint density at radius 2 is 2.08 bits per heavy atom. The van der Waals surface area contributed by atoms with Crippen LogP contribution in [0.15, 0.2) is 41.8 Å². The van der Waals surface area contributed by atoms with Gasteiger partial charge >= 0.3 is 0 Å². The first-order valence-electron chi connectivity index (χ1n) is 8.72. The van der Waals surface area contributed by atoms with Crippen molar-refractivity contribution in [3.05, 3.63) is 36.9 Å². The third kappa shape index (κ3) is 7.82. The van der Waals surface area contributed by atoms with Gasteiger partial charge in [0.25, 0.3) is 0 Å². The molecule has 1 amide bonds. The van der Waals surface area contributed by atoms with Gasteiger partial charge in [0.05, 0.1) is 12.2 Å². The van der Waals surface area contributed by atoms with Crippen molar-refractivity contribution in [3.63, 3.8) is 0 Å². The SMILES string of the molecule is C=CCSc1ccccc1NC(=O)CN1CCC(CCNC)CC1.Cl. The van der Waals surface area contributed by atoms with Gasteiger partial charge in [0.1, 0.15) is 0 Å². The number of carbonyl (C=O) groups is 1. The first-order valence-corrected chi connectivity index (χ1v) is 9.71. The number of hydrogen-bond acceptors (Lipinski definition) is 4. The Hall–Kier alpha value is -1.01. The number of hydrogen-bond donors (Lipinski definition) is 2. The number of benzene rings is 1. The van der Waals surface area contributed by atoms with E-state index in [1.807, 2.05) is 37.4 Å². The number of para-hydroxylation sites is 1. The van der Waals surface area contributed by atoms with Crippen LogP contribution in [0.4, 0.5) is 5.69 Å². The second-order valence-electron chi connectivity index (χ2n) is 6.26. The number of carbonyl (C=O) groups excluding carboxylic acids is 1. The minimum atomic E-state index is 0. The summed E-state index contributed by atoms with van der Waals surface area (Å²) >= 11 is 1.69. The van der Waals surface area contributed by atoms with Crippen LogP contribution in [0.2, 0.25) is 0 Å². The number of rotatable bonds is 9. The minimum absolute atomic E-state index is 0. The summed E-state index contributed by atoms with van der Waals surface area (Å²) in [6.45, 7) is 7.37. The van der Waals surface area contributed by atoms with Gasteiger partial charge < -0.3 is 10.6 Å². The normalized spacial score (nSPS) is 15.4. The maximum atomic E-state index is 12.4. The van der Waals surface area contributed by atoms with Crippen LogP contribution in [0, 0.1) is 5.92 Å². The van der Waals surface area contributed by atoms with Crippen LogP contribution in [0.5, 0.6) is 0 Å². The smallest absolute Gasteiger partial charge is 0.238 e. The van der Waals surface area contributed by atoms with Gasteiger partial charge in [-0.1, -0.05) is 18.2 Å². The highest BCUT2D eigenvalue weighted by molar-refractivity contribution is 7.99. The molecule has 1 aromatic carbocycles. The summed E-state index contributed by atoms with van der Waals surface area (Å²) in [5, 5.41) is 6.29. The lowest BCUT2D eigenvalue weighted by Crippen LogP contribution is -2.39. The van der Waals surface area contributed by atoms with Crippen LogP contribution in [0.3, 0.4) is 0 Å². The zero-order valence-corrected chi connectivity index (χ0v) is 16.6. The molecule has 2 rings (SSSR count). The average Bonchev–Trinajstić information content (AvgIpc) is 2.60. The van der Waals surface area contributed by atoms with E-state index in [1.54, 1.807) is 11.8 Å². The number of piperidine rings is 1. The predicted molar refractivity (Wildman–Crippen MR) is 111 cm³/mol. The van der Waals surface area contributed by atoms with Gasteiger partial charge in [0.2, 0.25) is 5.91 Å². The molecule has 0 aromatic heterocycles. The highest BCUT2D eigenvalue weighted by Crippen LogP contribution is 2.27. The van der Waals surface area contributed by atoms with Crippen LogP contribution in [-0.4, -0.2) is 49.8 Å². The van der Waals surface area contributed by atoms with E-state index >= 15 is 0 Å². The third-order valence-corrected chi connectivity index (χ3v) is 5.46. The van der Waals surface area contributed by atoms with E-state index in [0.717, 1.165) is 41.9 Å². The van der Waals surface area contributed by atoms with E-state index in [-0.39, 0.29) is 18.3 Å². The largest absolute Gasteiger partial charge is 0.324 e. The number of thioether (sulfide) groups is 1. The van der Waals surface area contributed by atoms with E-state index in [2.05, 4.69) is 22.1 Å². The average molecular weight is 384 g/mol. The van der Waals surface area contributed by atoms with E-state index < -0.39 is 0 Å². The van der Waals surface area contributed by atoms with E-state index in [1.165, 1.54) is 19.3 Å². The van der Waals surface area contributed by atoms with Crippen LogP contribution in [0.25, 0.3) is 0 Å². The molecule has 140 valence electrons. The van der Waals surface area contributed by atoms with Crippen molar-refractivity contribution in [1.82, 2.24) is 10.2 Å². The zero-order chi connectivity index (χ0) is 17.2. The fourth-order valence-electron chi connectivity index (χ4n) is 3.02. The van der Waals surface area contributed by atoms with Gasteiger partial charge in [-0.15, -0.1) is 30.7 Å². The molecule has 1 heterocycles. The lowest BCUT2D eigenvalue weighted by Gasteiger charge is -2.31. The van der Waals surface area contributed by atoms with Crippen LogP contribution < -0.4 is 10.6 Å². The van der Waals surface area contributed by atoms with Gasteiger partial charge in [0.15, 0.2) is 0 Å². The molecule has 6 heteroatoms. The van der Waals surface area contributed by atoms with E-state index in [9.17, 15) is 4.79 Å². The molecule has 0 aliphatic carbocycles. The molecule has 1 saturated heterocycles. The molecule has 1 aliphatic rings. The molecule has 0 spiro atoms. The Kier molecular flexibility index (Phi) is 10.9. The Morgan fingerprint density at radius 3 is 2.76 bits per heavy atom. The summed E-state index contributed by atoms with van der Waals surface area (Å²) < 4.78 is 0. The fourth-order valence-corrected chi connectivity index (χ4v) is 3.77. The molecule has 0 unspecified atom stereocenters. The fraction of sp³-hybridized carbons (Fsp3) is 0.526. The third-order valence-electron chi connectivity index (χ3n) is 4.39. The Bertz CT molecular complexity index is 533. The van der Waals surface area contributed by atoms with Gasteiger partial charge in [-0.3, -0.25) is 9.69 Å². The lowest BCUT2D eigenvalue weighted by molar-refractivity contribution is -0.117. The first-order chi connectivity index (χ1) is 11.7. The molecule has 0 radical (unpaired) electrons. The van der Waals surface area contributed by atoms with E-state index in [0.29, 0.717) is 6.54 Å². The number of nitrogens with zero attached hydrogens (tertiary/aromatic N) is 1. The predicted octanol–water partition coefficient (Wildman–Crippen LogP) is 3.65. The molecule has 0 atom stereocenters. The lowest BCUT2D eigenvalue weighted by atomic mass is 9.93. The molecule has 25 heavy (non-hydrogen) atoms. The first kappa shape index (κ1) is 22.0. The van der Waals surface area contributed by atoms with E-state index in [4.69, 9.17) is 0 Å². The van der Waals surface area contributed by atoms with Crippen molar-refractivity contribution in [2.45, 2.75) is 24.2 Å². The summed E-state index contributed by atoms with van der Waals surface area (Å²) in [6.07, 6.45) is 5.51. The number of amides is 1. The Labute approximate surface area is 162 Å². The van der Waals surface area contributed by atoms with Gasteiger partial charge in [-0.05, 0) is 64.0 Å². The summed E-state index contributed by atoms with van der Waals surface area (Å²) in [5.74, 6) is 1.72. The van der Waals surface area contributed by atoms with Crippen LogP contribution in [0.1, 0.15) is 19.3 Å². The number of anilines is 1. The topological polar surface area (TPSA) is 44.4 Å². The highest BCUT2D eigenvalue weighted by atomic mass is 35.5. The highest BCUT2D eigenvalue weighted by Gasteiger charge is 2.20. The van der Waals surface area contributed by atoms with Crippen molar-refractivity contribution in [3.8, 4) is 0 Å². The quantitative estimate of drug-likeness (QED) is 0.504. The van der Waals surface area contributed by atoms with Crippen LogP contribution >= 0.6 is 24.2 Å². The monoisotopic (exact) mass is 383 g/mol. The molecule has 1 aromatic rings. The maximum Gasteiger partial charge on any atom is 0.238 e. The summed E-state index contributed by atoms with van der Waals surface area (Å²) in [6, 6.07) is 7.96. The Morgan fingerprint density at radius 1 is 1.36 bits per heavy atom. The number of nitrogens with one attached hydrogen (secondary N) is 2. The zero-order valence-electron chi connectivity index (χ0n) is 15.0. The second kappa shape index (κ2) is 12.4. The van der Waals surface area contributed by atoms with Crippen LogP contribution in [-0.2, 0) is 4.79 Å². The summed E-state index contributed by atoms with van der Waals surface area (Å²) in [4.78, 5) is 15.7. The van der Waals surface area contributed by atoms with Gasteiger partial charge in [-0.25, -0.2) is 0 Å². The molecule has 0 bridgehead atoms. The van der Waals surface area contributed by atoms with Gasteiger partial charge in [0, 0.05) is 10.6 Å². The Balaban J connectivity index is 0.00000312.